The van der Waals surface area contributed by atoms with Gasteiger partial charge in [-0.05, 0) is 19.1 Å². The zero-order valence-corrected chi connectivity index (χ0v) is 17.8. The van der Waals surface area contributed by atoms with Crippen molar-refractivity contribution in [2.75, 3.05) is 18.9 Å². The van der Waals surface area contributed by atoms with Gasteiger partial charge in [0.25, 0.3) is 0 Å². The predicted octanol–water partition coefficient (Wildman–Crippen LogP) is 0.365. The Kier molecular flexibility index (Phi) is 7.21. The number of sulfonamides is 1. The second kappa shape index (κ2) is 9.24. The van der Waals surface area contributed by atoms with Crippen molar-refractivity contribution in [1.29, 1.82) is 0 Å². The lowest BCUT2D eigenvalue weighted by Gasteiger charge is -2.18. The number of nitrogens with zero attached hydrogens (tertiary/aromatic N) is 4. The van der Waals surface area contributed by atoms with Gasteiger partial charge in [0.2, 0.25) is 21.1 Å². The number of carbonyl (C=O) groups is 2. The number of hydrogen-bond acceptors (Lipinski definition) is 8. The molecule has 0 saturated carbocycles. The number of rotatable bonds is 8. The van der Waals surface area contributed by atoms with Crippen molar-refractivity contribution in [3.05, 3.63) is 24.3 Å². The summed E-state index contributed by atoms with van der Waals surface area (Å²) in [6, 6.07) is 5.27. The van der Waals surface area contributed by atoms with Gasteiger partial charge in [-0.1, -0.05) is 37.7 Å². The molecule has 2 rings (SSSR count). The molecule has 1 aromatic carbocycles. The second-order valence-corrected chi connectivity index (χ2v) is 9.15. The molecule has 29 heavy (non-hydrogen) atoms. The number of carbonyl (C=O) groups excluding carboxylic acids is 2. The Morgan fingerprint density at radius 3 is 2.52 bits per heavy atom. The Balaban J connectivity index is 2.31. The van der Waals surface area contributed by atoms with Crippen LogP contribution in [0.4, 0.5) is 4.79 Å². The number of aromatic nitrogens is 3. The molecular formula is C16H23N7O4S2. The summed E-state index contributed by atoms with van der Waals surface area (Å²) in [4.78, 5) is 22.7. The maximum absolute atomic E-state index is 12.7. The van der Waals surface area contributed by atoms with Crippen LogP contribution < -0.4 is 16.9 Å². The zero-order chi connectivity index (χ0) is 21.8. The van der Waals surface area contributed by atoms with Crippen LogP contribution in [0.1, 0.15) is 20.8 Å². The molecule has 0 radical (unpaired) electrons. The third-order valence-electron chi connectivity index (χ3n) is 4.00. The Labute approximate surface area is 172 Å². The number of nitrogen functional groups attached to an aromatic ring is 1. The molecule has 2 aromatic rings. The molecule has 0 aliphatic rings. The number of primary amides is 1. The van der Waals surface area contributed by atoms with Crippen LogP contribution in [0.5, 0.6) is 0 Å². The van der Waals surface area contributed by atoms with E-state index in [0.29, 0.717) is 18.7 Å². The molecule has 0 spiro atoms. The average Bonchev–Trinajstić information content (AvgIpc) is 3.02. The molecule has 13 heteroatoms. The van der Waals surface area contributed by atoms with E-state index in [1.165, 1.54) is 16.4 Å². The van der Waals surface area contributed by atoms with Crippen molar-refractivity contribution in [3.8, 4) is 11.4 Å². The molecule has 0 saturated heterocycles. The first-order valence-electron chi connectivity index (χ1n) is 8.69. The third-order valence-corrected chi connectivity index (χ3v) is 7.10. The fourth-order valence-corrected chi connectivity index (χ4v) is 4.77. The number of nitrogens with one attached hydrogen (secondary N) is 1. The number of urea groups is 1. The molecule has 1 heterocycles. The summed E-state index contributed by atoms with van der Waals surface area (Å²) in [6.07, 6.45) is 0. The van der Waals surface area contributed by atoms with Gasteiger partial charge in [0.1, 0.15) is 0 Å². The van der Waals surface area contributed by atoms with E-state index in [0.717, 1.165) is 16.4 Å². The Morgan fingerprint density at radius 1 is 1.28 bits per heavy atom. The first kappa shape index (κ1) is 22.6. The number of benzene rings is 1. The van der Waals surface area contributed by atoms with Crippen molar-refractivity contribution in [2.24, 2.45) is 5.73 Å². The Bertz CT molecular complexity index is 1000. The lowest BCUT2D eigenvalue weighted by molar-refractivity contribution is -0.119. The van der Waals surface area contributed by atoms with E-state index < -0.39 is 27.2 Å². The van der Waals surface area contributed by atoms with Gasteiger partial charge < -0.3 is 11.6 Å². The normalized spacial score (nSPS) is 12.7. The Hall–Kier alpha value is -2.64. The molecule has 0 fully saturated rings. The third kappa shape index (κ3) is 5.05. The highest BCUT2D eigenvalue weighted by Gasteiger charge is 2.24. The monoisotopic (exact) mass is 441 g/mol. The number of nitrogens with two attached hydrogens (primary N) is 2. The SMILES string of the molecule is CCN(CC)S(=O)(=O)c1cccc(-c2nnc(S[C@H](C)C(=O)NC(N)=O)n2N)c1. The smallest absolute Gasteiger partial charge is 0.318 e. The van der Waals surface area contributed by atoms with Crippen LogP contribution >= 0.6 is 11.8 Å². The van der Waals surface area contributed by atoms with E-state index >= 15 is 0 Å². The maximum atomic E-state index is 12.7. The van der Waals surface area contributed by atoms with Crippen molar-refractivity contribution in [3.63, 3.8) is 0 Å². The lowest BCUT2D eigenvalue weighted by atomic mass is 10.2. The number of imide groups is 1. The molecule has 0 aliphatic heterocycles. The molecular weight excluding hydrogens is 418 g/mol. The van der Waals surface area contributed by atoms with Gasteiger partial charge in [0, 0.05) is 18.7 Å². The molecule has 0 aliphatic carbocycles. The molecule has 5 N–H and O–H groups in total. The standard InChI is InChI=1S/C16H23N7O4S2/c1-4-22(5-2)29(26,27)12-8-6-7-11(9-12)13-20-21-16(23(13)18)28-10(3)14(24)19-15(17)25/h6-10H,4-5,18H2,1-3H3,(H3,17,19,24,25)/t10-/m1/s1. The molecule has 0 unspecified atom stereocenters. The summed E-state index contributed by atoms with van der Waals surface area (Å²) in [6.45, 7) is 5.78. The van der Waals surface area contributed by atoms with Gasteiger partial charge >= 0.3 is 6.03 Å². The van der Waals surface area contributed by atoms with E-state index in [4.69, 9.17) is 11.6 Å². The second-order valence-electron chi connectivity index (χ2n) is 5.91. The maximum Gasteiger partial charge on any atom is 0.318 e. The van der Waals surface area contributed by atoms with Crippen LogP contribution in [0.15, 0.2) is 34.3 Å². The van der Waals surface area contributed by atoms with Gasteiger partial charge in [-0.25, -0.2) is 17.9 Å². The predicted molar refractivity (Wildman–Crippen MR) is 109 cm³/mol. The minimum atomic E-state index is -3.65. The van der Waals surface area contributed by atoms with E-state index in [1.807, 2.05) is 5.32 Å². The first-order chi connectivity index (χ1) is 13.6. The molecule has 11 nitrogen and oxygen atoms in total. The first-order valence-corrected chi connectivity index (χ1v) is 11.0. The van der Waals surface area contributed by atoms with Gasteiger partial charge in [-0.2, -0.15) is 4.31 Å². The molecule has 158 valence electrons. The van der Waals surface area contributed by atoms with Crippen LogP contribution in [0, 0.1) is 0 Å². The fourth-order valence-electron chi connectivity index (χ4n) is 2.50. The minimum absolute atomic E-state index is 0.116. The van der Waals surface area contributed by atoms with Gasteiger partial charge in [0.05, 0.1) is 10.1 Å². The van der Waals surface area contributed by atoms with Crippen LogP contribution in [0.2, 0.25) is 0 Å². The van der Waals surface area contributed by atoms with Crippen LogP contribution in [0.25, 0.3) is 11.4 Å². The van der Waals surface area contributed by atoms with Crippen molar-refractivity contribution in [1.82, 2.24) is 24.5 Å². The van der Waals surface area contributed by atoms with E-state index in [-0.39, 0.29) is 15.9 Å². The van der Waals surface area contributed by atoms with Crippen molar-refractivity contribution in [2.45, 2.75) is 36.1 Å². The summed E-state index contributed by atoms with van der Waals surface area (Å²) in [5.41, 5.74) is 5.39. The molecule has 3 amide bonds. The minimum Gasteiger partial charge on any atom is -0.351 e. The zero-order valence-electron chi connectivity index (χ0n) is 16.2. The van der Waals surface area contributed by atoms with E-state index in [9.17, 15) is 18.0 Å². The number of thioether (sulfide) groups is 1. The largest absolute Gasteiger partial charge is 0.351 e. The Morgan fingerprint density at radius 2 is 1.93 bits per heavy atom. The van der Waals surface area contributed by atoms with Crippen molar-refractivity contribution < 1.29 is 18.0 Å². The molecule has 1 aromatic heterocycles. The number of hydrogen-bond donors (Lipinski definition) is 3. The van der Waals surface area contributed by atoms with Gasteiger partial charge in [0.15, 0.2) is 5.82 Å². The van der Waals surface area contributed by atoms with Crippen LogP contribution in [-0.2, 0) is 14.8 Å². The number of amides is 3. The highest BCUT2D eigenvalue weighted by Crippen LogP contribution is 2.27. The average molecular weight is 442 g/mol. The van der Waals surface area contributed by atoms with E-state index in [1.54, 1.807) is 32.9 Å². The van der Waals surface area contributed by atoms with Crippen molar-refractivity contribution >= 4 is 33.7 Å². The van der Waals surface area contributed by atoms with Gasteiger partial charge in [-0.3, -0.25) is 10.1 Å². The molecule has 0 bridgehead atoms. The quantitative estimate of drug-likeness (QED) is 0.390. The highest BCUT2D eigenvalue weighted by molar-refractivity contribution is 8.00. The fraction of sp³-hybridized carbons (Fsp3) is 0.375. The summed E-state index contributed by atoms with van der Waals surface area (Å²) >= 11 is 0.976. The topological polar surface area (TPSA) is 166 Å². The molecule has 1 atom stereocenters. The lowest BCUT2D eigenvalue weighted by Crippen LogP contribution is -2.39. The highest BCUT2D eigenvalue weighted by atomic mass is 32.2. The van der Waals surface area contributed by atoms with E-state index in [2.05, 4.69) is 10.2 Å². The van der Waals surface area contributed by atoms with Crippen LogP contribution in [0.3, 0.4) is 0 Å². The summed E-state index contributed by atoms with van der Waals surface area (Å²) in [5.74, 6) is 5.67. The summed E-state index contributed by atoms with van der Waals surface area (Å²) in [7, 11) is -3.65. The van der Waals surface area contributed by atoms with Crippen LogP contribution in [-0.4, -0.2) is 57.9 Å². The summed E-state index contributed by atoms with van der Waals surface area (Å²) < 4.78 is 28.0. The van der Waals surface area contributed by atoms with Gasteiger partial charge in [-0.15, -0.1) is 10.2 Å². The summed E-state index contributed by atoms with van der Waals surface area (Å²) in [5, 5.41) is 9.43.